The summed E-state index contributed by atoms with van der Waals surface area (Å²) in [6, 6.07) is 6.71. The van der Waals surface area contributed by atoms with E-state index in [1.54, 1.807) is 36.0 Å². The van der Waals surface area contributed by atoms with Gasteiger partial charge in [-0.05, 0) is 36.6 Å². The first-order chi connectivity index (χ1) is 17.1. The molecular formula is C26H33N5O4S. The third kappa shape index (κ3) is 4.43. The van der Waals surface area contributed by atoms with E-state index in [0.717, 1.165) is 11.5 Å². The van der Waals surface area contributed by atoms with Gasteiger partial charge in [0.15, 0.2) is 22.0 Å². The summed E-state index contributed by atoms with van der Waals surface area (Å²) in [5.41, 5.74) is 1.18. The molecule has 192 valence electrons. The minimum Gasteiger partial charge on any atom is -0.444 e. The molecule has 0 saturated carbocycles. The molecule has 0 radical (unpaired) electrons. The number of fused-ring (bicyclic) bond motifs is 1. The summed E-state index contributed by atoms with van der Waals surface area (Å²) in [5, 5.41) is 2.84. The maximum absolute atomic E-state index is 14.1. The number of piperidine rings is 1. The molecule has 0 amide bonds. The Labute approximate surface area is 211 Å². The standard InChI is InChI=1S/C26H33N5O4S/c1-26(2,3)15-31-21(9-8-20-24(31)30(4)25(32)29-20)19-13-27-11-10-23(19)36(33,34)18-7-5-6-17(12-18)22-14-28-16-35-22/h5-9,12,14,16,19,21,23,27H,10-11,13,15H2,1-4H3,(H,29,32). The Morgan fingerprint density at radius 2 is 2.06 bits per heavy atom. The lowest BCUT2D eigenvalue weighted by molar-refractivity contribution is 0.312. The first-order valence-electron chi connectivity index (χ1n) is 12.2. The van der Waals surface area contributed by atoms with Crippen molar-refractivity contribution >= 4 is 21.7 Å². The van der Waals surface area contributed by atoms with E-state index in [-0.39, 0.29) is 28.0 Å². The highest BCUT2D eigenvalue weighted by Gasteiger charge is 2.44. The average Bonchev–Trinajstić information content (AvgIpc) is 3.47. The molecule has 3 unspecified atom stereocenters. The molecule has 5 rings (SSSR count). The summed E-state index contributed by atoms with van der Waals surface area (Å²) in [5.74, 6) is 1.12. The van der Waals surface area contributed by atoms with Crippen molar-refractivity contribution in [2.75, 3.05) is 24.5 Å². The van der Waals surface area contributed by atoms with Gasteiger partial charge in [-0.15, -0.1) is 0 Å². The van der Waals surface area contributed by atoms with Gasteiger partial charge >= 0.3 is 5.69 Å². The summed E-state index contributed by atoms with van der Waals surface area (Å²) >= 11 is 0. The zero-order valence-electron chi connectivity index (χ0n) is 21.1. The molecule has 9 nitrogen and oxygen atoms in total. The average molecular weight is 512 g/mol. The molecule has 2 aliphatic heterocycles. The van der Waals surface area contributed by atoms with Gasteiger partial charge < -0.3 is 19.6 Å². The van der Waals surface area contributed by atoms with Crippen LogP contribution in [-0.2, 0) is 16.9 Å². The van der Waals surface area contributed by atoms with Crippen LogP contribution >= 0.6 is 0 Å². The van der Waals surface area contributed by atoms with E-state index >= 15 is 0 Å². The predicted molar refractivity (Wildman–Crippen MR) is 140 cm³/mol. The van der Waals surface area contributed by atoms with Gasteiger partial charge in [-0.3, -0.25) is 4.57 Å². The van der Waals surface area contributed by atoms with Gasteiger partial charge in [0.25, 0.3) is 0 Å². The van der Waals surface area contributed by atoms with Crippen molar-refractivity contribution in [1.82, 2.24) is 19.9 Å². The van der Waals surface area contributed by atoms with Crippen LogP contribution in [0.25, 0.3) is 17.4 Å². The van der Waals surface area contributed by atoms with Crippen LogP contribution < -0.4 is 15.9 Å². The molecule has 1 aromatic carbocycles. The SMILES string of the molecule is Cn1c2c([nH]c1=O)C=CC(C1CNCCC1S(=O)(=O)c1cccc(-c3cnco3)c1)N2CC(C)(C)C. The van der Waals surface area contributed by atoms with Crippen molar-refractivity contribution in [1.29, 1.82) is 0 Å². The van der Waals surface area contributed by atoms with E-state index in [4.69, 9.17) is 4.42 Å². The Bertz CT molecular complexity index is 1430. The predicted octanol–water partition coefficient (Wildman–Crippen LogP) is 3.07. The second kappa shape index (κ2) is 9.08. The molecule has 2 aromatic heterocycles. The highest BCUT2D eigenvalue weighted by atomic mass is 32.2. The van der Waals surface area contributed by atoms with Gasteiger partial charge in [0.2, 0.25) is 0 Å². The van der Waals surface area contributed by atoms with Crippen molar-refractivity contribution < 1.29 is 12.8 Å². The third-order valence-electron chi connectivity index (χ3n) is 7.02. The van der Waals surface area contributed by atoms with E-state index in [1.807, 2.05) is 12.1 Å². The number of anilines is 1. The second-order valence-corrected chi connectivity index (χ2v) is 13.1. The lowest BCUT2D eigenvalue weighted by atomic mass is 9.86. The zero-order valence-corrected chi connectivity index (χ0v) is 21.9. The lowest BCUT2D eigenvalue weighted by Gasteiger charge is -2.45. The summed E-state index contributed by atoms with van der Waals surface area (Å²) in [6.07, 6.45) is 7.39. The molecule has 2 aliphatic rings. The number of hydrogen-bond acceptors (Lipinski definition) is 7. The van der Waals surface area contributed by atoms with Crippen LogP contribution in [-0.4, -0.2) is 53.9 Å². The molecule has 0 aliphatic carbocycles. The van der Waals surface area contributed by atoms with E-state index in [9.17, 15) is 13.2 Å². The van der Waals surface area contributed by atoms with E-state index in [2.05, 4.69) is 47.0 Å². The number of aromatic nitrogens is 3. The number of benzene rings is 1. The largest absolute Gasteiger partial charge is 0.444 e. The second-order valence-electron chi connectivity index (χ2n) is 10.9. The molecule has 1 saturated heterocycles. The summed E-state index contributed by atoms with van der Waals surface area (Å²) in [4.78, 5) is 21.8. The number of hydrogen-bond donors (Lipinski definition) is 2. The molecule has 0 bridgehead atoms. The zero-order chi connectivity index (χ0) is 25.7. The minimum atomic E-state index is -3.66. The number of aromatic amines is 1. The minimum absolute atomic E-state index is 0.0735. The molecule has 2 N–H and O–H groups in total. The van der Waals surface area contributed by atoms with Crippen molar-refractivity contribution in [3.8, 4) is 11.3 Å². The Balaban J connectivity index is 1.55. The Morgan fingerprint density at radius 1 is 1.25 bits per heavy atom. The van der Waals surface area contributed by atoms with Crippen LogP contribution in [0.15, 0.2) is 57.0 Å². The number of nitrogens with zero attached hydrogens (tertiary/aromatic N) is 3. The number of sulfone groups is 1. The number of nitrogens with one attached hydrogen (secondary N) is 2. The van der Waals surface area contributed by atoms with E-state index in [1.165, 1.54) is 6.39 Å². The van der Waals surface area contributed by atoms with Gasteiger partial charge in [-0.1, -0.05) is 39.0 Å². The van der Waals surface area contributed by atoms with Crippen LogP contribution in [0, 0.1) is 11.3 Å². The Kier molecular flexibility index (Phi) is 6.20. The van der Waals surface area contributed by atoms with Gasteiger partial charge in [0, 0.05) is 31.6 Å². The fourth-order valence-electron chi connectivity index (χ4n) is 5.44. The number of H-pyrrole nitrogens is 1. The maximum atomic E-state index is 14.1. The monoisotopic (exact) mass is 511 g/mol. The Morgan fingerprint density at radius 3 is 2.78 bits per heavy atom. The number of rotatable bonds is 5. The quantitative estimate of drug-likeness (QED) is 0.541. The molecular weight excluding hydrogens is 478 g/mol. The van der Waals surface area contributed by atoms with Crippen molar-refractivity contribution in [2.24, 2.45) is 18.4 Å². The van der Waals surface area contributed by atoms with E-state index < -0.39 is 15.1 Å². The van der Waals surface area contributed by atoms with Crippen LogP contribution in [0.3, 0.4) is 0 Å². The molecule has 0 spiro atoms. The fourth-order valence-corrected chi connectivity index (χ4v) is 7.50. The van der Waals surface area contributed by atoms with Crippen molar-refractivity contribution in [3.05, 3.63) is 59.1 Å². The summed E-state index contributed by atoms with van der Waals surface area (Å²) in [6.45, 7) is 8.31. The molecule has 1 fully saturated rings. The Hall–Kier alpha value is -3.11. The first kappa shape index (κ1) is 24.6. The van der Waals surface area contributed by atoms with Crippen LogP contribution in [0.2, 0.25) is 0 Å². The topological polar surface area (TPSA) is 113 Å². The van der Waals surface area contributed by atoms with Crippen LogP contribution in [0.4, 0.5) is 5.82 Å². The third-order valence-corrected chi connectivity index (χ3v) is 9.31. The maximum Gasteiger partial charge on any atom is 0.327 e. The van der Waals surface area contributed by atoms with Crippen molar-refractivity contribution in [3.63, 3.8) is 0 Å². The molecule has 3 aromatic rings. The molecule has 4 heterocycles. The normalized spacial score (nSPS) is 22.6. The molecule has 36 heavy (non-hydrogen) atoms. The van der Waals surface area contributed by atoms with Gasteiger partial charge in [-0.2, -0.15) is 0 Å². The summed E-state index contributed by atoms with van der Waals surface area (Å²) < 4.78 is 35.2. The first-order valence-corrected chi connectivity index (χ1v) is 13.8. The van der Waals surface area contributed by atoms with Gasteiger partial charge in [0.1, 0.15) is 5.82 Å². The van der Waals surface area contributed by atoms with Gasteiger partial charge in [0.05, 0.1) is 28.1 Å². The smallest absolute Gasteiger partial charge is 0.327 e. The number of imidazole rings is 1. The lowest BCUT2D eigenvalue weighted by Crippen LogP contribution is -2.56. The fraction of sp³-hybridized carbons (Fsp3) is 0.462. The van der Waals surface area contributed by atoms with E-state index in [0.29, 0.717) is 37.4 Å². The summed E-state index contributed by atoms with van der Waals surface area (Å²) in [7, 11) is -1.91. The molecule has 10 heteroatoms. The molecule has 3 atom stereocenters. The highest BCUT2D eigenvalue weighted by molar-refractivity contribution is 7.92. The van der Waals surface area contributed by atoms with Crippen LogP contribution in [0.5, 0.6) is 0 Å². The van der Waals surface area contributed by atoms with Gasteiger partial charge in [-0.25, -0.2) is 18.2 Å². The number of oxazole rings is 1. The van der Waals surface area contributed by atoms with Crippen molar-refractivity contribution in [2.45, 2.75) is 43.4 Å². The van der Waals surface area contributed by atoms with Crippen LogP contribution in [0.1, 0.15) is 32.9 Å². The highest BCUT2D eigenvalue weighted by Crippen LogP contribution is 2.38.